The van der Waals surface area contributed by atoms with Gasteiger partial charge in [0.2, 0.25) is 0 Å². The topological polar surface area (TPSA) is 21.3 Å². The van der Waals surface area contributed by atoms with Crippen molar-refractivity contribution in [2.75, 3.05) is 13.7 Å². The summed E-state index contributed by atoms with van der Waals surface area (Å²) in [5.41, 5.74) is 4.10. The van der Waals surface area contributed by atoms with E-state index in [4.69, 9.17) is 4.74 Å². The molecule has 0 bridgehead atoms. The number of benzene rings is 1. The van der Waals surface area contributed by atoms with Gasteiger partial charge < -0.3 is 10.1 Å². The van der Waals surface area contributed by atoms with Gasteiger partial charge in [-0.1, -0.05) is 32.9 Å². The lowest BCUT2D eigenvalue weighted by atomic mass is 9.93. The Hall–Kier alpha value is -1.02. The molecule has 0 aromatic heterocycles. The largest absolute Gasteiger partial charge is 0.493 e. The standard InChI is InChI=1S/C16H27NO/c1-12-9-14(11-17-6)10-13(2)15(12)18-8-7-16(3,4)5/h9-10,17H,7-8,11H2,1-6H3. The summed E-state index contributed by atoms with van der Waals surface area (Å²) in [7, 11) is 1.97. The molecule has 0 saturated heterocycles. The Morgan fingerprint density at radius 1 is 1.11 bits per heavy atom. The molecule has 1 N–H and O–H groups in total. The summed E-state index contributed by atoms with van der Waals surface area (Å²) in [4.78, 5) is 0. The maximum Gasteiger partial charge on any atom is 0.125 e. The Balaban J connectivity index is 2.71. The first-order valence-electron chi connectivity index (χ1n) is 6.71. The zero-order chi connectivity index (χ0) is 13.8. The summed E-state index contributed by atoms with van der Waals surface area (Å²) in [5.74, 6) is 1.05. The van der Waals surface area contributed by atoms with Gasteiger partial charge in [-0.25, -0.2) is 0 Å². The molecule has 1 aromatic carbocycles. The van der Waals surface area contributed by atoms with E-state index < -0.39 is 0 Å². The lowest BCUT2D eigenvalue weighted by molar-refractivity contribution is 0.240. The highest BCUT2D eigenvalue weighted by atomic mass is 16.5. The monoisotopic (exact) mass is 249 g/mol. The Kier molecular flexibility index (Phi) is 5.21. The second-order valence-electron chi connectivity index (χ2n) is 6.25. The van der Waals surface area contributed by atoms with Gasteiger partial charge >= 0.3 is 0 Å². The van der Waals surface area contributed by atoms with Crippen molar-refractivity contribution in [1.82, 2.24) is 5.32 Å². The van der Waals surface area contributed by atoms with Gasteiger partial charge in [0.05, 0.1) is 6.61 Å². The highest BCUT2D eigenvalue weighted by Gasteiger charge is 2.11. The predicted molar refractivity (Wildman–Crippen MR) is 78.2 cm³/mol. The van der Waals surface area contributed by atoms with E-state index in [0.29, 0.717) is 5.41 Å². The van der Waals surface area contributed by atoms with Crippen LogP contribution in [0.4, 0.5) is 0 Å². The summed E-state index contributed by atoms with van der Waals surface area (Å²) < 4.78 is 5.96. The number of hydrogen-bond donors (Lipinski definition) is 1. The maximum atomic E-state index is 5.96. The van der Waals surface area contributed by atoms with Gasteiger partial charge in [-0.15, -0.1) is 0 Å². The minimum atomic E-state index is 0.327. The van der Waals surface area contributed by atoms with E-state index in [2.05, 4.69) is 52.1 Å². The molecule has 0 atom stereocenters. The van der Waals surface area contributed by atoms with Crippen molar-refractivity contribution in [3.05, 3.63) is 28.8 Å². The number of nitrogens with one attached hydrogen (secondary N) is 1. The van der Waals surface area contributed by atoms with Crippen molar-refractivity contribution in [1.29, 1.82) is 0 Å². The van der Waals surface area contributed by atoms with E-state index >= 15 is 0 Å². The molecular formula is C16H27NO. The molecule has 1 aromatic rings. The molecule has 1 rings (SSSR count). The second-order valence-corrected chi connectivity index (χ2v) is 6.25. The Labute approximate surface area is 112 Å². The fraction of sp³-hybridized carbons (Fsp3) is 0.625. The lowest BCUT2D eigenvalue weighted by Gasteiger charge is -2.20. The van der Waals surface area contributed by atoms with Crippen molar-refractivity contribution < 1.29 is 4.74 Å². The van der Waals surface area contributed by atoms with Crippen LogP contribution in [0.1, 0.15) is 43.9 Å². The molecule has 0 heterocycles. The minimum absolute atomic E-state index is 0.327. The third-order valence-electron chi connectivity index (χ3n) is 3.00. The molecular weight excluding hydrogens is 222 g/mol. The van der Waals surface area contributed by atoms with Crippen LogP contribution in [-0.4, -0.2) is 13.7 Å². The normalized spacial score (nSPS) is 11.7. The zero-order valence-electron chi connectivity index (χ0n) is 12.7. The molecule has 0 aliphatic rings. The molecule has 0 spiro atoms. The third-order valence-corrected chi connectivity index (χ3v) is 3.00. The van der Waals surface area contributed by atoms with Gasteiger partial charge in [0.25, 0.3) is 0 Å². The van der Waals surface area contributed by atoms with Crippen LogP contribution in [0.2, 0.25) is 0 Å². The molecule has 0 aliphatic heterocycles. The van der Waals surface area contributed by atoms with Gasteiger partial charge in [-0.2, -0.15) is 0 Å². The minimum Gasteiger partial charge on any atom is -0.493 e. The summed E-state index contributed by atoms with van der Waals surface area (Å²) in [5, 5.41) is 3.18. The summed E-state index contributed by atoms with van der Waals surface area (Å²) in [6, 6.07) is 4.41. The molecule has 0 fully saturated rings. The maximum absolute atomic E-state index is 5.96. The summed E-state index contributed by atoms with van der Waals surface area (Å²) >= 11 is 0. The van der Waals surface area contributed by atoms with Crippen LogP contribution < -0.4 is 10.1 Å². The van der Waals surface area contributed by atoms with Crippen LogP contribution in [0.3, 0.4) is 0 Å². The lowest BCUT2D eigenvalue weighted by Crippen LogP contribution is -2.12. The fourth-order valence-electron chi connectivity index (χ4n) is 2.03. The fourth-order valence-corrected chi connectivity index (χ4v) is 2.03. The van der Waals surface area contributed by atoms with E-state index in [9.17, 15) is 0 Å². The molecule has 102 valence electrons. The van der Waals surface area contributed by atoms with E-state index in [1.54, 1.807) is 0 Å². The van der Waals surface area contributed by atoms with Crippen molar-refractivity contribution in [3.63, 3.8) is 0 Å². The summed E-state index contributed by atoms with van der Waals surface area (Å²) in [6.45, 7) is 12.7. The smallest absolute Gasteiger partial charge is 0.125 e. The average Bonchev–Trinajstić information content (AvgIpc) is 2.21. The number of ether oxygens (including phenoxy) is 1. The first-order valence-corrected chi connectivity index (χ1v) is 6.71. The van der Waals surface area contributed by atoms with E-state index in [1.807, 2.05) is 7.05 Å². The Bertz CT molecular complexity index is 368. The molecule has 0 saturated carbocycles. The molecule has 0 amide bonds. The van der Waals surface area contributed by atoms with Crippen LogP contribution >= 0.6 is 0 Å². The molecule has 2 nitrogen and oxygen atoms in total. The van der Waals surface area contributed by atoms with Gasteiger partial charge in [0.1, 0.15) is 5.75 Å². The highest BCUT2D eigenvalue weighted by molar-refractivity contribution is 5.43. The molecule has 2 heteroatoms. The average molecular weight is 249 g/mol. The Morgan fingerprint density at radius 3 is 2.11 bits per heavy atom. The van der Waals surface area contributed by atoms with E-state index in [-0.39, 0.29) is 0 Å². The van der Waals surface area contributed by atoms with Gasteiger partial charge in [0, 0.05) is 6.54 Å². The molecule has 18 heavy (non-hydrogen) atoms. The van der Waals surface area contributed by atoms with Crippen LogP contribution in [0.15, 0.2) is 12.1 Å². The van der Waals surface area contributed by atoms with Crippen molar-refractivity contribution in [2.24, 2.45) is 5.41 Å². The van der Waals surface area contributed by atoms with Crippen LogP contribution in [0, 0.1) is 19.3 Å². The molecule has 0 radical (unpaired) electrons. The Morgan fingerprint density at radius 2 is 1.67 bits per heavy atom. The van der Waals surface area contributed by atoms with Crippen molar-refractivity contribution >= 4 is 0 Å². The molecule has 0 unspecified atom stereocenters. The van der Waals surface area contributed by atoms with Crippen LogP contribution in [0.25, 0.3) is 0 Å². The van der Waals surface area contributed by atoms with Gasteiger partial charge in [-0.3, -0.25) is 0 Å². The SMILES string of the molecule is CNCc1cc(C)c(OCCC(C)(C)C)c(C)c1. The second kappa shape index (κ2) is 6.24. The van der Waals surface area contributed by atoms with Crippen LogP contribution in [-0.2, 0) is 6.54 Å². The van der Waals surface area contributed by atoms with E-state index in [1.165, 1.54) is 16.7 Å². The highest BCUT2D eigenvalue weighted by Crippen LogP contribution is 2.26. The zero-order valence-corrected chi connectivity index (χ0v) is 12.7. The first kappa shape index (κ1) is 15.0. The molecule has 0 aliphatic carbocycles. The van der Waals surface area contributed by atoms with Crippen molar-refractivity contribution in [3.8, 4) is 5.75 Å². The summed E-state index contributed by atoms with van der Waals surface area (Å²) in [6.07, 6.45) is 1.07. The van der Waals surface area contributed by atoms with Gasteiger partial charge in [-0.05, 0) is 49.4 Å². The quantitative estimate of drug-likeness (QED) is 0.856. The number of aryl methyl sites for hydroxylation is 2. The predicted octanol–water partition coefficient (Wildman–Crippen LogP) is 3.84. The van der Waals surface area contributed by atoms with Gasteiger partial charge in [0.15, 0.2) is 0 Å². The van der Waals surface area contributed by atoms with Crippen LogP contribution in [0.5, 0.6) is 5.75 Å². The third kappa shape index (κ3) is 4.69. The van der Waals surface area contributed by atoms with Crippen molar-refractivity contribution in [2.45, 2.75) is 47.6 Å². The van der Waals surface area contributed by atoms with E-state index in [0.717, 1.165) is 25.3 Å². The number of rotatable bonds is 5. The number of hydrogen-bond acceptors (Lipinski definition) is 2. The first-order chi connectivity index (χ1) is 8.33.